The minimum absolute atomic E-state index is 0.295. The maximum Gasteiger partial charge on any atom is 0.416 e. The summed E-state index contributed by atoms with van der Waals surface area (Å²) in [5, 5.41) is 3.12. The molecule has 0 spiro atoms. The number of fused-ring (bicyclic) bond motifs is 1. The molecule has 1 aliphatic heterocycles. The van der Waals surface area contributed by atoms with Crippen molar-refractivity contribution in [2.45, 2.75) is 25.1 Å². The molecule has 0 saturated carbocycles. The third kappa shape index (κ3) is 4.01. The van der Waals surface area contributed by atoms with Crippen molar-refractivity contribution in [1.82, 2.24) is 4.98 Å². The largest absolute Gasteiger partial charge is 0.480 e. The van der Waals surface area contributed by atoms with E-state index in [-0.39, 0.29) is 5.91 Å². The molecule has 0 bridgehead atoms. The fourth-order valence-electron chi connectivity index (χ4n) is 3.02. The van der Waals surface area contributed by atoms with Gasteiger partial charge in [0.05, 0.1) is 5.56 Å². The summed E-state index contributed by atoms with van der Waals surface area (Å²) >= 11 is 1.23. The first-order chi connectivity index (χ1) is 13.4. The molecule has 4 nitrogen and oxygen atoms in total. The number of ether oxygens (including phenoxy) is 1. The number of aromatic nitrogens is 1. The Morgan fingerprint density at radius 2 is 2.04 bits per heavy atom. The predicted octanol–water partition coefficient (Wildman–Crippen LogP) is 4.69. The third-order valence-corrected chi connectivity index (χ3v) is 5.27. The van der Waals surface area contributed by atoms with Crippen LogP contribution in [0.25, 0.3) is 0 Å². The summed E-state index contributed by atoms with van der Waals surface area (Å²) in [6.07, 6.45) is -2.63. The first-order valence-electron chi connectivity index (χ1n) is 8.55. The Morgan fingerprint density at radius 3 is 2.82 bits per heavy atom. The van der Waals surface area contributed by atoms with Gasteiger partial charge in [0.1, 0.15) is 5.75 Å². The maximum atomic E-state index is 12.8. The van der Waals surface area contributed by atoms with Gasteiger partial charge in [0.15, 0.2) is 11.2 Å². The second kappa shape index (κ2) is 7.27. The van der Waals surface area contributed by atoms with E-state index >= 15 is 0 Å². The lowest BCUT2D eigenvalue weighted by Crippen LogP contribution is -2.31. The van der Waals surface area contributed by atoms with Gasteiger partial charge in [0.2, 0.25) is 0 Å². The number of amides is 1. The van der Waals surface area contributed by atoms with Gasteiger partial charge in [-0.3, -0.25) is 10.1 Å². The number of rotatable bonds is 4. The summed E-state index contributed by atoms with van der Waals surface area (Å²) in [4.78, 5) is 17.3. The van der Waals surface area contributed by atoms with E-state index in [1.807, 2.05) is 24.3 Å². The quantitative estimate of drug-likeness (QED) is 0.686. The minimum Gasteiger partial charge on any atom is -0.480 e. The van der Waals surface area contributed by atoms with Crippen molar-refractivity contribution in [3.05, 3.63) is 76.3 Å². The second-order valence-corrected chi connectivity index (χ2v) is 7.53. The van der Waals surface area contributed by atoms with Gasteiger partial charge < -0.3 is 4.74 Å². The smallest absolute Gasteiger partial charge is 0.416 e. The number of carbonyl (C=O) groups excluding carboxylic acids is 1. The number of hydrogen-bond acceptors (Lipinski definition) is 4. The van der Waals surface area contributed by atoms with Crippen LogP contribution in [0.1, 0.15) is 21.6 Å². The third-order valence-electron chi connectivity index (χ3n) is 4.36. The van der Waals surface area contributed by atoms with Gasteiger partial charge >= 0.3 is 6.18 Å². The fraction of sp³-hybridized carbons (Fsp3) is 0.200. The lowest BCUT2D eigenvalue weighted by Gasteiger charge is -2.09. The normalized spacial score (nSPS) is 15.8. The van der Waals surface area contributed by atoms with Crippen LogP contribution in [0.2, 0.25) is 0 Å². The molecule has 28 heavy (non-hydrogen) atoms. The van der Waals surface area contributed by atoms with E-state index in [0.717, 1.165) is 22.6 Å². The Kier molecular flexibility index (Phi) is 4.80. The Hall–Kier alpha value is -2.87. The molecule has 0 radical (unpaired) electrons. The summed E-state index contributed by atoms with van der Waals surface area (Å²) < 4.78 is 44.1. The van der Waals surface area contributed by atoms with Crippen LogP contribution < -0.4 is 10.1 Å². The molecule has 0 fully saturated rings. The average Bonchev–Trinajstić information content (AvgIpc) is 3.28. The zero-order valence-electron chi connectivity index (χ0n) is 14.5. The molecule has 144 valence electrons. The highest BCUT2D eigenvalue weighted by molar-refractivity contribution is 7.15. The van der Waals surface area contributed by atoms with Crippen LogP contribution in [0.3, 0.4) is 0 Å². The van der Waals surface area contributed by atoms with Crippen LogP contribution in [0.4, 0.5) is 18.3 Å². The summed E-state index contributed by atoms with van der Waals surface area (Å²) in [6.45, 7) is 0. The van der Waals surface area contributed by atoms with E-state index in [0.29, 0.717) is 29.3 Å². The first kappa shape index (κ1) is 18.5. The molecule has 1 N–H and O–H groups in total. The van der Waals surface area contributed by atoms with Gasteiger partial charge in [0.25, 0.3) is 5.91 Å². The van der Waals surface area contributed by atoms with Crippen LogP contribution in [0.15, 0.2) is 54.7 Å². The van der Waals surface area contributed by atoms with Crippen molar-refractivity contribution >= 4 is 22.4 Å². The lowest BCUT2D eigenvalue weighted by atomic mass is 10.1. The van der Waals surface area contributed by atoms with Crippen molar-refractivity contribution in [2.24, 2.45) is 0 Å². The molecule has 1 aromatic heterocycles. The summed E-state index contributed by atoms with van der Waals surface area (Å²) in [5.41, 5.74) is 0.832. The van der Waals surface area contributed by atoms with Gasteiger partial charge in [-0.1, -0.05) is 36.4 Å². The number of benzene rings is 2. The molecule has 1 amide bonds. The van der Waals surface area contributed by atoms with E-state index in [4.69, 9.17) is 4.74 Å². The molecule has 0 aliphatic carbocycles. The molecule has 2 heterocycles. The van der Waals surface area contributed by atoms with E-state index < -0.39 is 17.8 Å². The SMILES string of the molecule is O=C(Nc1ncc(Cc2cccc(C(F)(F)F)c2)s1)C1Cc2ccccc2O1. The van der Waals surface area contributed by atoms with Crippen molar-refractivity contribution < 1.29 is 22.7 Å². The number of thiazole rings is 1. The Balaban J connectivity index is 1.39. The molecule has 8 heteroatoms. The number of para-hydroxylation sites is 1. The van der Waals surface area contributed by atoms with E-state index in [9.17, 15) is 18.0 Å². The minimum atomic E-state index is -4.37. The molecule has 1 aliphatic rings. The standard InChI is InChI=1S/C20H15F3N2O2S/c21-20(22,23)14-6-3-4-12(8-14)9-15-11-24-19(28-15)25-18(26)17-10-13-5-1-2-7-16(13)27-17/h1-8,11,17H,9-10H2,(H,24,25,26). The van der Waals surface area contributed by atoms with E-state index in [2.05, 4.69) is 10.3 Å². The van der Waals surface area contributed by atoms with Crippen LogP contribution >= 0.6 is 11.3 Å². The number of nitrogens with one attached hydrogen (secondary N) is 1. The zero-order chi connectivity index (χ0) is 19.7. The Morgan fingerprint density at radius 1 is 1.21 bits per heavy atom. The summed E-state index contributed by atoms with van der Waals surface area (Å²) in [5.74, 6) is 0.406. The van der Waals surface area contributed by atoms with Gasteiger partial charge in [-0.15, -0.1) is 11.3 Å². The van der Waals surface area contributed by atoms with E-state index in [1.54, 1.807) is 12.3 Å². The van der Waals surface area contributed by atoms with Crippen LogP contribution in [-0.4, -0.2) is 17.0 Å². The number of carbonyl (C=O) groups is 1. The highest BCUT2D eigenvalue weighted by Gasteiger charge is 2.31. The maximum absolute atomic E-state index is 12.8. The lowest BCUT2D eigenvalue weighted by molar-refractivity contribution is -0.137. The molecule has 3 aromatic rings. The Bertz CT molecular complexity index is 991. The van der Waals surface area contributed by atoms with Crippen LogP contribution in [0, 0.1) is 0 Å². The summed E-state index contributed by atoms with van der Waals surface area (Å²) in [7, 11) is 0. The van der Waals surface area contributed by atoms with Gasteiger partial charge in [-0.2, -0.15) is 13.2 Å². The fourth-order valence-corrected chi connectivity index (χ4v) is 3.87. The highest BCUT2D eigenvalue weighted by Crippen LogP contribution is 2.31. The number of hydrogen-bond donors (Lipinski definition) is 1. The molecule has 1 unspecified atom stereocenters. The van der Waals surface area contributed by atoms with Gasteiger partial charge in [0, 0.05) is 23.9 Å². The molecule has 2 aromatic carbocycles. The topological polar surface area (TPSA) is 51.2 Å². The molecular formula is C20H15F3N2O2S. The second-order valence-electron chi connectivity index (χ2n) is 6.41. The highest BCUT2D eigenvalue weighted by atomic mass is 32.1. The molecule has 0 saturated heterocycles. The van der Waals surface area contributed by atoms with Crippen LogP contribution in [0.5, 0.6) is 5.75 Å². The average molecular weight is 404 g/mol. The number of nitrogens with zero attached hydrogens (tertiary/aromatic N) is 1. The van der Waals surface area contributed by atoms with Crippen molar-refractivity contribution in [2.75, 3.05) is 5.32 Å². The van der Waals surface area contributed by atoms with Crippen molar-refractivity contribution in [3.63, 3.8) is 0 Å². The molecule has 1 atom stereocenters. The van der Waals surface area contributed by atoms with Crippen molar-refractivity contribution in [3.8, 4) is 5.75 Å². The number of halogens is 3. The van der Waals surface area contributed by atoms with Crippen LogP contribution in [-0.2, 0) is 23.8 Å². The number of anilines is 1. The number of alkyl halides is 3. The van der Waals surface area contributed by atoms with Crippen molar-refractivity contribution in [1.29, 1.82) is 0 Å². The molecular weight excluding hydrogens is 389 g/mol. The monoisotopic (exact) mass is 404 g/mol. The summed E-state index contributed by atoms with van der Waals surface area (Å²) in [6, 6.07) is 12.7. The first-order valence-corrected chi connectivity index (χ1v) is 9.36. The zero-order valence-corrected chi connectivity index (χ0v) is 15.3. The van der Waals surface area contributed by atoms with Gasteiger partial charge in [-0.25, -0.2) is 4.98 Å². The van der Waals surface area contributed by atoms with E-state index in [1.165, 1.54) is 17.4 Å². The predicted molar refractivity (Wildman–Crippen MR) is 99.6 cm³/mol. The Labute approximate surface area is 163 Å². The van der Waals surface area contributed by atoms with Gasteiger partial charge in [-0.05, 0) is 23.3 Å². The molecule has 4 rings (SSSR count).